The van der Waals surface area contributed by atoms with Crippen molar-refractivity contribution in [2.75, 3.05) is 0 Å². The first kappa shape index (κ1) is 10.3. The molecule has 0 aliphatic rings. The lowest BCUT2D eigenvalue weighted by Crippen LogP contribution is -1.93. The molecular formula is C8H5Cl2IO. The zero-order valence-corrected chi connectivity index (χ0v) is 9.87. The van der Waals surface area contributed by atoms with Gasteiger partial charge in [0.05, 0.1) is 10.0 Å². The zero-order chi connectivity index (χ0) is 9.30. The Morgan fingerprint density at radius 2 is 2.00 bits per heavy atom. The minimum absolute atomic E-state index is 0.00789. The number of hydrogen-bond acceptors (Lipinski definition) is 1. The Balaban J connectivity index is 3.31. The fraction of sp³-hybridized carbons (Fsp3) is 0.125. The molecule has 4 heteroatoms. The van der Waals surface area contributed by atoms with E-state index >= 15 is 0 Å². The highest BCUT2D eigenvalue weighted by molar-refractivity contribution is 14.1. The number of carbonyl (C=O) groups excluding carboxylic acids is 1. The van der Waals surface area contributed by atoms with Crippen LogP contribution in [0.25, 0.3) is 0 Å². The maximum atomic E-state index is 11.0. The molecule has 0 N–H and O–H groups in total. The van der Waals surface area contributed by atoms with Crippen LogP contribution >= 0.6 is 45.8 Å². The predicted octanol–water partition coefficient (Wildman–Crippen LogP) is 3.80. The third-order valence-corrected chi connectivity index (χ3v) is 3.36. The largest absolute Gasteiger partial charge is 0.295 e. The highest BCUT2D eigenvalue weighted by Crippen LogP contribution is 2.28. The second kappa shape index (κ2) is 3.94. The molecule has 0 bridgehead atoms. The molecule has 12 heavy (non-hydrogen) atoms. The quantitative estimate of drug-likeness (QED) is 0.438. The van der Waals surface area contributed by atoms with Gasteiger partial charge in [0.15, 0.2) is 5.78 Å². The number of ketones is 1. The molecule has 0 aliphatic carbocycles. The molecule has 64 valence electrons. The van der Waals surface area contributed by atoms with Gasteiger partial charge in [0.1, 0.15) is 0 Å². The van der Waals surface area contributed by atoms with E-state index < -0.39 is 0 Å². The third kappa shape index (κ3) is 2.12. The summed E-state index contributed by atoms with van der Waals surface area (Å²) in [6.07, 6.45) is 0. The van der Waals surface area contributed by atoms with Crippen molar-refractivity contribution >= 4 is 51.6 Å². The fourth-order valence-electron chi connectivity index (χ4n) is 0.759. The van der Waals surface area contributed by atoms with E-state index in [0.29, 0.717) is 15.6 Å². The summed E-state index contributed by atoms with van der Waals surface area (Å²) in [4.78, 5) is 11.0. The van der Waals surface area contributed by atoms with Crippen molar-refractivity contribution in [2.24, 2.45) is 0 Å². The van der Waals surface area contributed by atoms with Crippen molar-refractivity contribution < 1.29 is 4.79 Å². The zero-order valence-electron chi connectivity index (χ0n) is 6.20. The number of halogens is 3. The predicted molar refractivity (Wildman–Crippen MR) is 59.2 cm³/mol. The molecule has 1 aromatic rings. The first-order chi connectivity index (χ1) is 5.52. The molecule has 0 heterocycles. The van der Waals surface area contributed by atoms with E-state index in [1.54, 1.807) is 12.1 Å². The highest BCUT2D eigenvalue weighted by Gasteiger charge is 2.07. The van der Waals surface area contributed by atoms with Crippen molar-refractivity contribution in [2.45, 2.75) is 6.92 Å². The van der Waals surface area contributed by atoms with Gasteiger partial charge in [-0.3, -0.25) is 4.79 Å². The normalized spacial score (nSPS) is 10.0. The van der Waals surface area contributed by atoms with Crippen LogP contribution in [-0.4, -0.2) is 5.78 Å². The molecule has 0 unspecified atom stereocenters. The molecule has 1 aromatic carbocycles. The second-order valence-electron chi connectivity index (χ2n) is 2.31. The monoisotopic (exact) mass is 314 g/mol. The molecule has 0 radical (unpaired) electrons. The SMILES string of the molecule is CC(=O)c1cc(Cl)c(Cl)c(I)c1. The summed E-state index contributed by atoms with van der Waals surface area (Å²) < 4.78 is 0.798. The average Bonchev–Trinajstić information content (AvgIpc) is 1.99. The first-order valence-electron chi connectivity index (χ1n) is 3.18. The van der Waals surface area contributed by atoms with E-state index in [4.69, 9.17) is 23.2 Å². The van der Waals surface area contributed by atoms with E-state index in [1.165, 1.54) is 6.92 Å². The van der Waals surface area contributed by atoms with Crippen LogP contribution in [0.15, 0.2) is 12.1 Å². The molecule has 0 fully saturated rings. The van der Waals surface area contributed by atoms with Crippen LogP contribution in [0.4, 0.5) is 0 Å². The molecule has 0 amide bonds. The van der Waals surface area contributed by atoms with Gasteiger partial charge >= 0.3 is 0 Å². The summed E-state index contributed by atoms with van der Waals surface area (Å²) in [5, 5.41) is 0.927. The molecule has 1 rings (SSSR count). The lowest BCUT2D eigenvalue weighted by molar-refractivity contribution is 0.101. The summed E-state index contributed by atoms with van der Waals surface area (Å²) in [5.74, 6) is -0.00789. The van der Waals surface area contributed by atoms with Crippen LogP contribution in [-0.2, 0) is 0 Å². The molecule has 0 saturated heterocycles. The Morgan fingerprint density at radius 1 is 1.42 bits per heavy atom. The number of hydrogen-bond donors (Lipinski definition) is 0. The molecule has 0 aliphatic heterocycles. The van der Waals surface area contributed by atoms with Gasteiger partial charge in [-0.1, -0.05) is 23.2 Å². The smallest absolute Gasteiger partial charge is 0.159 e. The van der Waals surface area contributed by atoms with Crippen LogP contribution < -0.4 is 0 Å². The summed E-state index contributed by atoms with van der Waals surface area (Å²) >= 11 is 13.6. The van der Waals surface area contributed by atoms with Crippen LogP contribution in [0.1, 0.15) is 17.3 Å². The molecule has 0 spiro atoms. The first-order valence-corrected chi connectivity index (χ1v) is 5.01. The summed E-state index contributed by atoms with van der Waals surface area (Å²) in [6, 6.07) is 3.30. The molecule has 0 saturated carbocycles. The maximum Gasteiger partial charge on any atom is 0.159 e. The maximum absolute atomic E-state index is 11.0. The van der Waals surface area contributed by atoms with Gasteiger partial charge in [-0.05, 0) is 41.6 Å². The van der Waals surface area contributed by atoms with Crippen LogP contribution in [0.5, 0.6) is 0 Å². The van der Waals surface area contributed by atoms with Gasteiger partial charge in [-0.25, -0.2) is 0 Å². The third-order valence-electron chi connectivity index (χ3n) is 1.39. The minimum atomic E-state index is -0.00789. The van der Waals surface area contributed by atoms with Gasteiger partial charge in [0.25, 0.3) is 0 Å². The van der Waals surface area contributed by atoms with Crippen molar-refractivity contribution in [1.29, 1.82) is 0 Å². The molecule has 0 atom stereocenters. The van der Waals surface area contributed by atoms with Crippen LogP contribution in [0, 0.1) is 3.57 Å². The van der Waals surface area contributed by atoms with Crippen molar-refractivity contribution in [1.82, 2.24) is 0 Å². The summed E-state index contributed by atoms with van der Waals surface area (Å²) in [7, 11) is 0. The Bertz CT molecular complexity index is 313. The average molecular weight is 315 g/mol. The Morgan fingerprint density at radius 3 is 2.42 bits per heavy atom. The highest BCUT2D eigenvalue weighted by atomic mass is 127. The van der Waals surface area contributed by atoms with Gasteiger partial charge in [0, 0.05) is 9.13 Å². The minimum Gasteiger partial charge on any atom is -0.295 e. The van der Waals surface area contributed by atoms with E-state index in [0.717, 1.165) is 3.57 Å². The van der Waals surface area contributed by atoms with E-state index in [9.17, 15) is 4.79 Å². The van der Waals surface area contributed by atoms with Gasteiger partial charge in [-0.2, -0.15) is 0 Å². The number of carbonyl (C=O) groups is 1. The van der Waals surface area contributed by atoms with E-state index in [-0.39, 0.29) is 5.78 Å². The Hall–Kier alpha value is 0.200. The Kier molecular flexibility index (Phi) is 3.37. The van der Waals surface area contributed by atoms with Crippen LogP contribution in [0.3, 0.4) is 0 Å². The van der Waals surface area contributed by atoms with Crippen molar-refractivity contribution in [3.63, 3.8) is 0 Å². The molecule has 1 nitrogen and oxygen atoms in total. The summed E-state index contributed by atoms with van der Waals surface area (Å²) in [5.41, 5.74) is 0.591. The molecule has 0 aromatic heterocycles. The summed E-state index contributed by atoms with van der Waals surface area (Å²) in [6.45, 7) is 1.50. The fourth-order valence-corrected chi connectivity index (χ4v) is 1.87. The number of Topliss-reactive ketones (excluding diaryl/α,β-unsaturated/α-hetero) is 1. The van der Waals surface area contributed by atoms with Crippen molar-refractivity contribution in [3.8, 4) is 0 Å². The standard InChI is InChI=1S/C8H5Cl2IO/c1-4(12)5-2-6(9)8(10)7(11)3-5/h2-3H,1H3. The lowest BCUT2D eigenvalue weighted by atomic mass is 10.1. The van der Waals surface area contributed by atoms with Gasteiger partial charge in [-0.15, -0.1) is 0 Å². The Labute approximate surface area is 94.2 Å². The van der Waals surface area contributed by atoms with E-state index in [2.05, 4.69) is 0 Å². The number of benzene rings is 1. The lowest BCUT2D eigenvalue weighted by Gasteiger charge is -2.01. The number of rotatable bonds is 1. The molecular weight excluding hydrogens is 310 g/mol. The topological polar surface area (TPSA) is 17.1 Å². The van der Waals surface area contributed by atoms with Gasteiger partial charge < -0.3 is 0 Å². The van der Waals surface area contributed by atoms with Crippen LogP contribution in [0.2, 0.25) is 10.0 Å². The van der Waals surface area contributed by atoms with Crippen molar-refractivity contribution in [3.05, 3.63) is 31.3 Å². The van der Waals surface area contributed by atoms with E-state index in [1.807, 2.05) is 22.6 Å². The second-order valence-corrected chi connectivity index (χ2v) is 4.26. The van der Waals surface area contributed by atoms with Gasteiger partial charge in [0.2, 0.25) is 0 Å².